The Bertz CT molecular complexity index is 346. The second-order valence-electron chi connectivity index (χ2n) is 5.14. The van der Waals surface area contributed by atoms with Gasteiger partial charge in [-0.05, 0) is 32.6 Å². The fourth-order valence-electron chi connectivity index (χ4n) is 2.92. The third kappa shape index (κ3) is 3.18. The van der Waals surface area contributed by atoms with Crippen LogP contribution in [0.1, 0.15) is 32.6 Å². The van der Waals surface area contributed by atoms with Crippen molar-refractivity contribution in [3.05, 3.63) is 0 Å². The minimum Gasteiger partial charge on any atom is -0.480 e. The summed E-state index contributed by atoms with van der Waals surface area (Å²) in [5, 5.41) is 9.13. The van der Waals surface area contributed by atoms with Crippen molar-refractivity contribution in [3.8, 4) is 0 Å². The van der Waals surface area contributed by atoms with Crippen LogP contribution < -0.4 is 0 Å². The van der Waals surface area contributed by atoms with E-state index >= 15 is 0 Å². The van der Waals surface area contributed by atoms with E-state index in [1.54, 1.807) is 4.90 Å². The molecule has 2 fully saturated rings. The molecule has 0 radical (unpaired) electrons. The Kier molecular flexibility index (Phi) is 4.63. The van der Waals surface area contributed by atoms with Crippen LogP contribution in [0, 0.1) is 0 Å². The maximum Gasteiger partial charge on any atom is 0.326 e. The number of piperidine rings is 1. The highest BCUT2D eigenvalue weighted by Crippen LogP contribution is 2.22. The fourth-order valence-corrected chi connectivity index (χ4v) is 2.92. The Labute approximate surface area is 113 Å². The van der Waals surface area contributed by atoms with Crippen molar-refractivity contribution in [3.63, 3.8) is 0 Å². The molecule has 2 rings (SSSR count). The highest BCUT2D eigenvalue weighted by atomic mass is 16.5. The first-order valence-corrected chi connectivity index (χ1v) is 7.03. The first-order valence-electron chi connectivity index (χ1n) is 7.03. The maximum absolute atomic E-state index is 12.4. The highest BCUT2D eigenvalue weighted by molar-refractivity contribution is 5.83. The minimum atomic E-state index is -0.899. The third-order valence-electron chi connectivity index (χ3n) is 3.83. The van der Waals surface area contributed by atoms with Gasteiger partial charge in [-0.15, -0.1) is 0 Å². The molecule has 0 aromatic heterocycles. The van der Waals surface area contributed by atoms with Gasteiger partial charge in [0.1, 0.15) is 6.04 Å². The summed E-state index contributed by atoms with van der Waals surface area (Å²) in [7, 11) is 0. The molecule has 1 unspecified atom stereocenters. The monoisotopic (exact) mass is 270 g/mol. The Hall–Kier alpha value is -1.30. The molecular weight excluding hydrogens is 248 g/mol. The first-order chi connectivity index (χ1) is 9.13. The normalized spacial score (nSPS) is 27.6. The van der Waals surface area contributed by atoms with Gasteiger partial charge in [-0.3, -0.25) is 0 Å². The molecule has 108 valence electrons. The zero-order valence-corrected chi connectivity index (χ0v) is 11.4. The lowest BCUT2D eigenvalue weighted by Gasteiger charge is -2.36. The molecule has 2 heterocycles. The highest BCUT2D eigenvalue weighted by Gasteiger charge is 2.37. The lowest BCUT2D eigenvalue weighted by molar-refractivity contribution is -0.141. The van der Waals surface area contributed by atoms with Crippen LogP contribution in [0.5, 0.6) is 0 Å². The van der Waals surface area contributed by atoms with E-state index in [-0.39, 0.29) is 12.1 Å². The number of carbonyl (C=O) groups is 2. The molecule has 6 nitrogen and oxygen atoms in total. The van der Waals surface area contributed by atoms with Crippen LogP contribution in [0.4, 0.5) is 4.79 Å². The smallest absolute Gasteiger partial charge is 0.326 e. The van der Waals surface area contributed by atoms with E-state index in [0.717, 1.165) is 19.3 Å². The predicted octanol–water partition coefficient (Wildman–Crippen LogP) is 1.16. The number of amides is 2. The Morgan fingerprint density at radius 1 is 1.26 bits per heavy atom. The minimum absolute atomic E-state index is 0.0913. The number of rotatable bonds is 3. The van der Waals surface area contributed by atoms with Crippen LogP contribution in [-0.4, -0.2) is 65.3 Å². The van der Waals surface area contributed by atoms with E-state index in [1.807, 2.05) is 6.92 Å². The van der Waals surface area contributed by atoms with Crippen molar-refractivity contribution in [2.75, 3.05) is 26.2 Å². The lowest BCUT2D eigenvalue weighted by atomic mass is 10.1. The van der Waals surface area contributed by atoms with Crippen molar-refractivity contribution in [2.45, 2.75) is 44.8 Å². The second-order valence-corrected chi connectivity index (χ2v) is 5.14. The molecule has 6 heteroatoms. The number of carboxylic acid groups (broad SMARTS) is 1. The summed E-state index contributed by atoms with van der Waals surface area (Å²) in [4.78, 5) is 26.8. The lowest BCUT2D eigenvalue weighted by Crippen LogP contribution is -2.52. The average molecular weight is 270 g/mol. The standard InChI is InChI=1S/C13H22N2O4/c1-2-19-10-5-3-7-14(9-10)13(18)15-8-4-6-11(15)12(16)17/h10-11H,2-9H2,1H3,(H,16,17)/t10?,11-/m1/s1. The van der Waals surface area contributed by atoms with Gasteiger partial charge in [0.25, 0.3) is 0 Å². The van der Waals surface area contributed by atoms with E-state index in [2.05, 4.69) is 0 Å². The van der Waals surface area contributed by atoms with Gasteiger partial charge in [0.05, 0.1) is 6.10 Å². The SMILES string of the molecule is CCOC1CCCN(C(=O)N2CCC[C@@H]2C(=O)O)C1. The summed E-state index contributed by atoms with van der Waals surface area (Å²) >= 11 is 0. The summed E-state index contributed by atoms with van der Waals surface area (Å²) in [6, 6.07) is -0.797. The predicted molar refractivity (Wildman–Crippen MR) is 69.0 cm³/mol. The topological polar surface area (TPSA) is 70.1 Å². The van der Waals surface area contributed by atoms with Gasteiger partial charge in [-0.25, -0.2) is 9.59 Å². The third-order valence-corrected chi connectivity index (χ3v) is 3.83. The molecule has 1 N–H and O–H groups in total. The zero-order valence-electron chi connectivity index (χ0n) is 11.4. The zero-order chi connectivity index (χ0) is 13.8. The van der Waals surface area contributed by atoms with Gasteiger partial charge in [0, 0.05) is 26.2 Å². The molecule has 0 spiro atoms. The number of likely N-dealkylation sites (tertiary alicyclic amines) is 2. The summed E-state index contributed by atoms with van der Waals surface area (Å²) in [6.07, 6.45) is 3.31. The number of ether oxygens (including phenoxy) is 1. The van der Waals surface area contributed by atoms with Gasteiger partial charge in [-0.2, -0.15) is 0 Å². The molecule has 2 aliphatic heterocycles. The number of nitrogens with zero attached hydrogens (tertiary/aromatic N) is 2. The largest absolute Gasteiger partial charge is 0.480 e. The van der Waals surface area contributed by atoms with Crippen LogP contribution >= 0.6 is 0 Å². The molecule has 2 amide bonds. The second kappa shape index (κ2) is 6.23. The molecule has 0 aromatic carbocycles. The van der Waals surface area contributed by atoms with Gasteiger partial charge >= 0.3 is 12.0 Å². The molecule has 2 atom stereocenters. The Balaban J connectivity index is 1.96. The van der Waals surface area contributed by atoms with Gasteiger partial charge in [0.15, 0.2) is 0 Å². The van der Waals surface area contributed by atoms with Gasteiger partial charge in [-0.1, -0.05) is 0 Å². The van der Waals surface area contributed by atoms with E-state index in [4.69, 9.17) is 9.84 Å². The van der Waals surface area contributed by atoms with E-state index in [9.17, 15) is 9.59 Å². The van der Waals surface area contributed by atoms with Gasteiger partial charge in [0.2, 0.25) is 0 Å². The molecule has 2 saturated heterocycles. The number of carbonyl (C=O) groups excluding carboxylic acids is 1. The summed E-state index contributed by atoms with van der Waals surface area (Å²) in [5.74, 6) is -0.899. The number of urea groups is 1. The Morgan fingerprint density at radius 3 is 2.68 bits per heavy atom. The summed E-state index contributed by atoms with van der Waals surface area (Å²) < 4.78 is 5.57. The van der Waals surface area contributed by atoms with Crippen molar-refractivity contribution >= 4 is 12.0 Å². The van der Waals surface area contributed by atoms with Crippen LogP contribution in [0.15, 0.2) is 0 Å². The van der Waals surface area contributed by atoms with Crippen LogP contribution in [0.25, 0.3) is 0 Å². The fraction of sp³-hybridized carbons (Fsp3) is 0.846. The first kappa shape index (κ1) is 14.1. The number of hydrogen-bond donors (Lipinski definition) is 1. The van der Waals surface area contributed by atoms with E-state index in [0.29, 0.717) is 32.7 Å². The van der Waals surface area contributed by atoms with Crippen molar-refractivity contribution < 1.29 is 19.4 Å². The molecule has 0 aromatic rings. The maximum atomic E-state index is 12.4. The number of aliphatic carboxylic acids is 1. The molecule has 0 bridgehead atoms. The summed E-state index contributed by atoms with van der Waals surface area (Å²) in [5.41, 5.74) is 0. The van der Waals surface area contributed by atoms with Crippen molar-refractivity contribution in [1.82, 2.24) is 9.80 Å². The van der Waals surface area contributed by atoms with Crippen molar-refractivity contribution in [1.29, 1.82) is 0 Å². The molecule has 19 heavy (non-hydrogen) atoms. The van der Waals surface area contributed by atoms with Crippen LogP contribution in [0.2, 0.25) is 0 Å². The Morgan fingerprint density at radius 2 is 2.00 bits per heavy atom. The van der Waals surface area contributed by atoms with Crippen LogP contribution in [-0.2, 0) is 9.53 Å². The average Bonchev–Trinajstić information content (AvgIpc) is 2.88. The quantitative estimate of drug-likeness (QED) is 0.835. The molecule has 0 saturated carbocycles. The van der Waals surface area contributed by atoms with Crippen LogP contribution in [0.3, 0.4) is 0 Å². The van der Waals surface area contributed by atoms with E-state index < -0.39 is 12.0 Å². The van der Waals surface area contributed by atoms with E-state index in [1.165, 1.54) is 4.90 Å². The number of carboxylic acids is 1. The van der Waals surface area contributed by atoms with Crippen molar-refractivity contribution in [2.24, 2.45) is 0 Å². The van der Waals surface area contributed by atoms with Gasteiger partial charge < -0.3 is 19.6 Å². The molecule has 0 aliphatic carbocycles. The molecular formula is C13H22N2O4. The molecule has 2 aliphatic rings. The number of hydrogen-bond acceptors (Lipinski definition) is 3. The summed E-state index contributed by atoms with van der Waals surface area (Å²) in [6.45, 7) is 4.42.